The smallest absolute Gasteiger partial charge is 0.143 e. The van der Waals surface area contributed by atoms with E-state index in [1.54, 1.807) is 0 Å². The Balaban J connectivity index is 2.05. The minimum Gasteiger partial charge on any atom is -0.308 e. The van der Waals surface area contributed by atoms with Crippen LogP contribution in [0.3, 0.4) is 0 Å². The Morgan fingerprint density at radius 3 is 2.63 bits per heavy atom. The van der Waals surface area contributed by atoms with Gasteiger partial charge in [-0.2, -0.15) is 0 Å². The maximum Gasteiger partial charge on any atom is 0.143 e. The molecule has 1 saturated heterocycles. The Labute approximate surface area is 118 Å². The van der Waals surface area contributed by atoms with Crippen LogP contribution in [0.1, 0.15) is 11.4 Å². The molecule has 4 nitrogen and oxygen atoms in total. The molecule has 1 fully saturated rings. The summed E-state index contributed by atoms with van der Waals surface area (Å²) in [5, 5.41) is 2.35. The van der Waals surface area contributed by atoms with Crippen molar-refractivity contribution in [1.82, 2.24) is 14.6 Å². The molecule has 19 heavy (non-hydrogen) atoms. The third-order valence-electron chi connectivity index (χ3n) is 3.74. The molecule has 102 valence electrons. The molecule has 0 bridgehead atoms. The summed E-state index contributed by atoms with van der Waals surface area (Å²) in [5.74, 6) is 1.38. The maximum atomic E-state index is 6.07. The van der Waals surface area contributed by atoms with Crippen molar-refractivity contribution in [2.75, 3.05) is 38.2 Å². The number of aromatic nitrogens is 2. The van der Waals surface area contributed by atoms with Crippen LogP contribution < -0.4 is 5.01 Å². The van der Waals surface area contributed by atoms with Gasteiger partial charge in [-0.1, -0.05) is 6.07 Å². The number of imidazole rings is 1. The Hall–Kier alpha value is -1.26. The van der Waals surface area contributed by atoms with Gasteiger partial charge in [0.25, 0.3) is 0 Å². The van der Waals surface area contributed by atoms with Gasteiger partial charge in [-0.25, -0.2) is 9.66 Å². The predicted octanol–water partition coefficient (Wildman–Crippen LogP) is 1.97. The highest BCUT2D eigenvalue weighted by molar-refractivity contribution is 6.16. The molecule has 1 aromatic heterocycles. The van der Waals surface area contributed by atoms with Crippen LogP contribution in [0.25, 0.3) is 11.0 Å². The van der Waals surface area contributed by atoms with Crippen molar-refractivity contribution in [2.24, 2.45) is 0 Å². The summed E-state index contributed by atoms with van der Waals surface area (Å²) in [7, 11) is 2.16. The standard InChI is InChI=1S/C14H19ClN4/c1-11-3-4-13-12(9-11)16-14(10-15)19(13)18-7-5-17(2)6-8-18/h3-4,9H,5-8,10H2,1-2H3. The highest BCUT2D eigenvalue weighted by atomic mass is 35.5. The molecule has 3 rings (SSSR count). The van der Waals surface area contributed by atoms with Gasteiger partial charge in [0, 0.05) is 26.2 Å². The van der Waals surface area contributed by atoms with Crippen molar-refractivity contribution in [3.05, 3.63) is 29.6 Å². The van der Waals surface area contributed by atoms with Gasteiger partial charge < -0.3 is 9.91 Å². The topological polar surface area (TPSA) is 24.3 Å². The number of alkyl halides is 1. The second-order valence-electron chi connectivity index (χ2n) is 5.22. The first-order valence-corrected chi connectivity index (χ1v) is 7.20. The molecule has 0 amide bonds. The lowest BCUT2D eigenvalue weighted by Gasteiger charge is -2.35. The molecule has 0 unspecified atom stereocenters. The van der Waals surface area contributed by atoms with E-state index in [0.29, 0.717) is 5.88 Å². The summed E-state index contributed by atoms with van der Waals surface area (Å²) in [6.07, 6.45) is 0. The number of nitrogens with zero attached hydrogens (tertiary/aromatic N) is 4. The highest BCUT2D eigenvalue weighted by Crippen LogP contribution is 2.20. The van der Waals surface area contributed by atoms with Gasteiger partial charge in [-0.15, -0.1) is 11.6 Å². The molecular formula is C14H19ClN4. The molecule has 0 spiro atoms. The van der Waals surface area contributed by atoms with E-state index in [1.165, 1.54) is 5.56 Å². The summed E-state index contributed by atoms with van der Waals surface area (Å²) >= 11 is 6.07. The molecule has 1 aromatic carbocycles. The van der Waals surface area contributed by atoms with Gasteiger partial charge in [0.15, 0.2) is 0 Å². The molecule has 5 heteroatoms. The van der Waals surface area contributed by atoms with Crippen molar-refractivity contribution in [3.63, 3.8) is 0 Å². The Bertz CT molecular complexity index is 584. The number of aryl methyl sites for hydroxylation is 1. The lowest BCUT2D eigenvalue weighted by molar-refractivity contribution is 0.288. The molecule has 0 saturated carbocycles. The summed E-state index contributed by atoms with van der Waals surface area (Å²) < 4.78 is 2.20. The summed E-state index contributed by atoms with van der Waals surface area (Å²) in [4.78, 5) is 7.01. The zero-order chi connectivity index (χ0) is 13.4. The minimum atomic E-state index is 0.445. The van der Waals surface area contributed by atoms with Crippen LogP contribution in [0.4, 0.5) is 0 Å². The van der Waals surface area contributed by atoms with Crippen molar-refractivity contribution in [2.45, 2.75) is 12.8 Å². The van der Waals surface area contributed by atoms with Crippen LogP contribution in [-0.2, 0) is 5.88 Å². The maximum absolute atomic E-state index is 6.07. The molecule has 1 aliphatic rings. The van der Waals surface area contributed by atoms with E-state index in [0.717, 1.165) is 43.0 Å². The first-order valence-electron chi connectivity index (χ1n) is 6.67. The van der Waals surface area contributed by atoms with Crippen molar-refractivity contribution >= 4 is 22.6 Å². The number of benzene rings is 1. The van der Waals surface area contributed by atoms with Crippen LogP contribution in [-0.4, -0.2) is 47.8 Å². The lowest BCUT2D eigenvalue weighted by atomic mass is 10.2. The van der Waals surface area contributed by atoms with E-state index in [9.17, 15) is 0 Å². The van der Waals surface area contributed by atoms with Gasteiger partial charge in [0.2, 0.25) is 0 Å². The number of hydrogen-bond donors (Lipinski definition) is 0. The van der Waals surface area contributed by atoms with Crippen LogP contribution in [0, 0.1) is 6.92 Å². The quantitative estimate of drug-likeness (QED) is 0.785. The van der Waals surface area contributed by atoms with E-state index in [4.69, 9.17) is 11.6 Å². The van der Waals surface area contributed by atoms with E-state index >= 15 is 0 Å². The third-order valence-corrected chi connectivity index (χ3v) is 3.97. The SMILES string of the molecule is Cc1ccc2c(c1)nc(CCl)n2N1CCN(C)CC1. The van der Waals surface area contributed by atoms with Gasteiger partial charge in [0.1, 0.15) is 5.82 Å². The molecule has 2 heterocycles. The van der Waals surface area contributed by atoms with Crippen molar-refractivity contribution in [1.29, 1.82) is 0 Å². The normalized spacial score (nSPS) is 17.3. The monoisotopic (exact) mass is 278 g/mol. The Morgan fingerprint density at radius 2 is 1.95 bits per heavy atom. The van der Waals surface area contributed by atoms with E-state index in [-0.39, 0.29) is 0 Å². The second kappa shape index (κ2) is 5.02. The minimum absolute atomic E-state index is 0.445. The Morgan fingerprint density at radius 1 is 1.21 bits per heavy atom. The first kappa shape index (κ1) is 12.8. The molecule has 0 atom stereocenters. The number of hydrogen-bond acceptors (Lipinski definition) is 3. The fourth-order valence-electron chi connectivity index (χ4n) is 2.63. The largest absolute Gasteiger partial charge is 0.308 e. The number of piperazine rings is 1. The average Bonchev–Trinajstić information content (AvgIpc) is 2.77. The van der Waals surface area contributed by atoms with Gasteiger partial charge in [-0.05, 0) is 31.7 Å². The van der Waals surface area contributed by atoms with Gasteiger partial charge in [0.05, 0.1) is 16.9 Å². The lowest BCUT2D eigenvalue weighted by Crippen LogP contribution is -2.50. The summed E-state index contributed by atoms with van der Waals surface area (Å²) in [6, 6.07) is 6.40. The van der Waals surface area contributed by atoms with E-state index in [2.05, 4.69) is 51.7 Å². The molecule has 0 N–H and O–H groups in total. The second-order valence-corrected chi connectivity index (χ2v) is 5.49. The first-order chi connectivity index (χ1) is 9.19. The van der Waals surface area contributed by atoms with E-state index < -0.39 is 0 Å². The number of halogens is 1. The molecule has 2 aromatic rings. The molecule has 0 radical (unpaired) electrons. The number of fused-ring (bicyclic) bond motifs is 1. The molecule has 0 aliphatic carbocycles. The van der Waals surface area contributed by atoms with Gasteiger partial charge in [-0.3, -0.25) is 0 Å². The van der Waals surface area contributed by atoms with Crippen LogP contribution in [0.15, 0.2) is 18.2 Å². The van der Waals surface area contributed by atoms with Gasteiger partial charge >= 0.3 is 0 Å². The Kier molecular flexibility index (Phi) is 3.37. The fourth-order valence-corrected chi connectivity index (χ4v) is 2.80. The molecular weight excluding hydrogens is 260 g/mol. The zero-order valence-corrected chi connectivity index (χ0v) is 12.2. The average molecular weight is 279 g/mol. The fraction of sp³-hybridized carbons (Fsp3) is 0.500. The summed E-state index contributed by atoms with van der Waals surface area (Å²) in [5.41, 5.74) is 3.43. The zero-order valence-electron chi connectivity index (χ0n) is 11.4. The highest BCUT2D eigenvalue weighted by Gasteiger charge is 2.19. The van der Waals surface area contributed by atoms with E-state index in [1.807, 2.05) is 0 Å². The van der Waals surface area contributed by atoms with Crippen LogP contribution in [0.2, 0.25) is 0 Å². The third kappa shape index (κ3) is 2.30. The van der Waals surface area contributed by atoms with Crippen LogP contribution >= 0.6 is 11.6 Å². The molecule has 1 aliphatic heterocycles. The summed E-state index contributed by atoms with van der Waals surface area (Å²) in [6.45, 7) is 6.27. The van der Waals surface area contributed by atoms with Crippen molar-refractivity contribution < 1.29 is 0 Å². The number of likely N-dealkylation sites (N-methyl/N-ethyl adjacent to an activating group) is 1. The van der Waals surface area contributed by atoms with Crippen molar-refractivity contribution in [3.8, 4) is 0 Å². The predicted molar refractivity (Wildman–Crippen MR) is 79.5 cm³/mol. The van der Waals surface area contributed by atoms with Crippen LogP contribution in [0.5, 0.6) is 0 Å². The number of rotatable bonds is 2.